The zero-order chi connectivity index (χ0) is 26.5. The van der Waals surface area contributed by atoms with E-state index in [2.05, 4.69) is 33.5 Å². The van der Waals surface area contributed by atoms with Gasteiger partial charge < -0.3 is 14.7 Å². The minimum atomic E-state index is -0.584. The molecular formula is C28H35ClN4O3S. The third-order valence-electron chi connectivity index (χ3n) is 7.19. The Labute approximate surface area is 227 Å². The quantitative estimate of drug-likeness (QED) is 0.432. The Kier molecular flexibility index (Phi) is 7.22. The average molecular weight is 543 g/mol. The van der Waals surface area contributed by atoms with Crippen molar-refractivity contribution in [1.29, 1.82) is 0 Å². The summed E-state index contributed by atoms with van der Waals surface area (Å²) in [4.78, 5) is 26.8. The van der Waals surface area contributed by atoms with Gasteiger partial charge in [-0.2, -0.15) is 0 Å². The van der Waals surface area contributed by atoms with E-state index >= 15 is 0 Å². The van der Waals surface area contributed by atoms with Gasteiger partial charge in [-0.15, -0.1) is 11.3 Å². The van der Waals surface area contributed by atoms with Crippen molar-refractivity contribution in [3.63, 3.8) is 0 Å². The molecule has 1 saturated heterocycles. The van der Waals surface area contributed by atoms with Crippen LogP contribution in [0, 0.1) is 6.92 Å². The summed E-state index contributed by atoms with van der Waals surface area (Å²) < 4.78 is 5.52. The molecule has 3 aromatic rings. The number of aliphatic hydroxyl groups is 1. The Morgan fingerprint density at radius 1 is 1.16 bits per heavy atom. The van der Waals surface area contributed by atoms with Crippen LogP contribution in [-0.4, -0.2) is 68.9 Å². The maximum absolute atomic E-state index is 12.5. The van der Waals surface area contributed by atoms with Gasteiger partial charge in [0.2, 0.25) is 0 Å². The van der Waals surface area contributed by atoms with Crippen LogP contribution in [0.1, 0.15) is 74.6 Å². The molecule has 4 unspecified atom stereocenters. The minimum absolute atomic E-state index is 0.197. The lowest BCUT2D eigenvalue weighted by Crippen LogP contribution is -2.52. The van der Waals surface area contributed by atoms with Crippen molar-refractivity contribution in [2.45, 2.75) is 70.6 Å². The summed E-state index contributed by atoms with van der Waals surface area (Å²) in [6, 6.07) is 8.14. The lowest BCUT2D eigenvalue weighted by molar-refractivity contribution is -0.00248. The van der Waals surface area contributed by atoms with Crippen molar-refractivity contribution in [3.8, 4) is 0 Å². The van der Waals surface area contributed by atoms with Gasteiger partial charge in [0.05, 0.1) is 17.8 Å². The molecule has 3 heterocycles. The Balaban J connectivity index is 1.29. The maximum Gasteiger partial charge on any atom is 0.410 e. The molecule has 2 aliphatic rings. The molecule has 5 rings (SSSR count). The highest BCUT2D eigenvalue weighted by Gasteiger charge is 2.43. The number of hydrogen-bond acceptors (Lipinski definition) is 7. The molecule has 9 heteroatoms. The van der Waals surface area contributed by atoms with Crippen molar-refractivity contribution < 1.29 is 14.6 Å². The number of aryl methyl sites for hydroxylation is 1. The molecule has 2 aromatic heterocycles. The average Bonchev–Trinajstić information content (AvgIpc) is 3.45. The summed E-state index contributed by atoms with van der Waals surface area (Å²) in [6.45, 7) is 11.8. The smallest absolute Gasteiger partial charge is 0.410 e. The van der Waals surface area contributed by atoms with Gasteiger partial charge in [0.1, 0.15) is 16.3 Å². The topological polar surface area (TPSA) is 78.8 Å². The number of aliphatic hydroxyl groups excluding tert-OH is 1. The first-order valence-corrected chi connectivity index (χ1v) is 14.2. The van der Waals surface area contributed by atoms with Gasteiger partial charge in [-0.05, 0) is 75.6 Å². The van der Waals surface area contributed by atoms with Crippen LogP contribution in [0.3, 0.4) is 0 Å². The van der Waals surface area contributed by atoms with Gasteiger partial charge in [0.25, 0.3) is 0 Å². The standard InChI is InChI=1S/C28H35ClN4O3S/c1-16(34)25(32-9-11-33(12-10-32)27(35)36-28(3,4)5)18-6-7-19(23(29)14-18)21-15-22(21)24-20-8-13-37-26(20)31-17(2)30-24/h6-8,13-14,16,21-22,25,34H,9-12,15H2,1-5H3. The molecule has 2 fully saturated rings. The number of nitrogens with zero attached hydrogens (tertiary/aromatic N) is 4. The molecule has 0 radical (unpaired) electrons. The normalized spacial score (nSPS) is 22.2. The third kappa shape index (κ3) is 5.62. The van der Waals surface area contributed by atoms with Crippen molar-refractivity contribution in [2.24, 2.45) is 0 Å². The number of hydrogen-bond donors (Lipinski definition) is 1. The number of fused-ring (bicyclic) bond motifs is 1. The summed E-state index contributed by atoms with van der Waals surface area (Å²) in [6.07, 6.45) is 0.151. The van der Waals surface area contributed by atoms with Crippen molar-refractivity contribution in [1.82, 2.24) is 19.8 Å². The molecule has 0 spiro atoms. The van der Waals surface area contributed by atoms with Crippen molar-refractivity contribution in [3.05, 3.63) is 57.3 Å². The van der Waals surface area contributed by atoms with Crippen LogP contribution in [0.4, 0.5) is 4.79 Å². The van der Waals surface area contributed by atoms with E-state index in [1.165, 1.54) is 0 Å². The number of ether oxygens (including phenoxy) is 1. The largest absolute Gasteiger partial charge is 0.444 e. The second-order valence-corrected chi connectivity index (χ2v) is 12.5. The number of halogens is 1. The molecule has 37 heavy (non-hydrogen) atoms. The van der Waals surface area contributed by atoms with Crippen LogP contribution in [0.2, 0.25) is 5.02 Å². The van der Waals surface area contributed by atoms with Crippen LogP contribution in [0.25, 0.3) is 10.2 Å². The number of amides is 1. The fourth-order valence-electron chi connectivity index (χ4n) is 5.44. The van der Waals surface area contributed by atoms with Crippen LogP contribution in [-0.2, 0) is 4.74 Å². The monoisotopic (exact) mass is 542 g/mol. The third-order valence-corrected chi connectivity index (χ3v) is 8.32. The predicted octanol–water partition coefficient (Wildman–Crippen LogP) is 5.90. The number of carbonyl (C=O) groups is 1. The Hall–Kier alpha value is -2.26. The fraction of sp³-hybridized carbons (Fsp3) is 0.536. The molecule has 1 saturated carbocycles. The highest BCUT2D eigenvalue weighted by molar-refractivity contribution is 7.16. The molecule has 0 bridgehead atoms. The van der Waals surface area contributed by atoms with Crippen LogP contribution in [0.5, 0.6) is 0 Å². The molecule has 1 amide bonds. The highest BCUT2D eigenvalue weighted by atomic mass is 35.5. The molecule has 1 aromatic carbocycles. The van der Waals surface area contributed by atoms with Crippen LogP contribution < -0.4 is 0 Å². The van der Waals surface area contributed by atoms with E-state index in [1.54, 1.807) is 16.2 Å². The van der Waals surface area contributed by atoms with E-state index in [1.807, 2.05) is 40.7 Å². The number of aromatic nitrogens is 2. The SMILES string of the molecule is Cc1nc(C2CC2c2ccc(C(C(C)O)N3CCN(C(=O)OC(C)(C)C)CC3)cc2Cl)c2ccsc2n1. The first kappa shape index (κ1) is 26.4. The predicted molar refractivity (Wildman–Crippen MR) is 148 cm³/mol. The summed E-state index contributed by atoms with van der Waals surface area (Å²) in [5.41, 5.74) is 2.73. The lowest BCUT2D eigenvalue weighted by Gasteiger charge is -2.40. The Morgan fingerprint density at radius 3 is 2.54 bits per heavy atom. The molecule has 4 atom stereocenters. The molecular weight excluding hydrogens is 508 g/mol. The molecule has 198 valence electrons. The van der Waals surface area contributed by atoms with Gasteiger partial charge >= 0.3 is 6.09 Å². The van der Waals surface area contributed by atoms with E-state index in [-0.39, 0.29) is 12.1 Å². The first-order chi connectivity index (χ1) is 17.5. The maximum atomic E-state index is 12.5. The van der Waals surface area contributed by atoms with Crippen LogP contribution in [0.15, 0.2) is 29.6 Å². The first-order valence-electron chi connectivity index (χ1n) is 12.9. The minimum Gasteiger partial charge on any atom is -0.444 e. The van der Waals surface area contributed by atoms with Gasteiger partial charge in [0, 0.05) is 42.5 Å². The second-order valence-electron chi connectivity index (χ2n) is 11.2. The summed E-state index contributed by atoms with van der Waals surface area (Å²) in [5.74, 6) is 1.49. The van der Waals surface area contributed by atoms with E-state index in [4.69, 9.17) is 21.3 Å². The molecule has 7 nitrogen and oxygen atoms in total. The van der Waals surface area contributed by atoms with Crippen molar-refractivity contribution in [2.75, 3.05) is 26.2 Å². The zero-order valence-electron chi connectivity index (χ0n) is 22.1. The fourth-order valence-corrected chi connectivity index (χ4v) is 6.59. The summed E-state index contributed by atoms with van der Waals surface area (Å²) >= 11 is 8.51. The van der Waals surface area contributed by atoms with Crippen molar-refractivity contribution >= 4 is 39.2 Å². The zero-order valence-corrected chi connectivity index (χ0v) is 23.6. The van der Waals surface area contributed by atoms with Gasteiger partial charge in [0.15, 0.2) is 0 Å². The van der Waals surface area contributed by atoms with Gasteiger partial charge in [-0.1, -0.05) is 23.7 Å². The summed E-state index contributed by atoms with van der Waals surface area (Å²) in [5, 5.41) is 14.7. The number of piperazine rings is 1. The lowest BCUT2D eigenvalue weighted by atomic mass is 9.96. The number of thiophene rings is 1. The number of rotatable bonds is 5. The Bertz CT molecular complexity index is 1300. The van der Waals surface area contributed by atoms with Gasteiger partial charge in [-0.3, -0.25) is 4.90 Å². The highest BCUT2D eigenvalue weighted by Crippen LogP contribution is 2.57. The van der Waals surface area contributed by atoms with E-state index in [9.17, 15) is 9.90 Å². The van der Waals surface area contributed by atoms with E-state index < -0.39 is 11.7 Å². The summed E-state index contributed by atoms with van der Waals surface area (Å²) in [7, 11) is 0. The van der Waals surface area contributed by atoms with Gasteiger partial charge in [-0.25, -0.2) is 14.8 Å². The van der Waals surface area contributed by atoms with E-state index in [0.717, 1.165) is 44.3 Å². The molecule has 1 aliphatic carbocycles. The van der Waals surface area contributed by atoms with Crippen LogP contribution >= 0.6 is 22.9 Å². The number of carbonyl (C=O) groups excluding carboxylic acids is 1. The Morgan fingerprint density at radius 2 is 1.89 bits per heavy atom. The molecule has 1 aliphatic heterocycles. The van der Waals surface area contributed by atoms with E-state index in [0.29, 0.717) is 38.0 Å². The second kappa shape index (κ2) is 10.1. The number of benzene rings is 1. The molecule has 1 N–H and O–H groups in total.